The minimum absolute atomic E-state index is 0.0942. The van der Waals surface area contributed by atoms with Crippen LogP contribution in [0.1, 0.15) is 18.9 Å². The Morgan fingerprint density at radius 1 is 1.32 bits per heavy atom. The van der Waals surface area contributed by atoms with E-state index in [-0.39, 0.29) is 12.8 Å². The predicted molar refractivity (Wildman–Crippen MR) is 70.5 cm³/mol. The smallest absolute Gasteiger partial charge is 0.322 e. The standard InChI is InChI=1S/C15H16O4/c1-3-15(14(18)19,9-11(2)13(16)17)10-12-7-5-4-6-8-12/h1,4-8,11H,9-10H2,2H3,(H,16,17)(H,18,19). The van der Waals surface area contributed by atoms with E-state index in [4.69, 9.17) is 11.5 Å². The summed E-state index contributed by atoms with van der Waals surface area (Å²) in [4.78, 5) is 22.4. The third-order valence-electron chi connectivity index (χ3n) is 3.11. The SMILES string of the molecule is C#CC(Cc1ccccc1)(CC(C)C(=O)O)C(=O)O. The Hall–Kier alpha value is -2.28. The van der Waals surface area contributed by atoms with Crippen molar-refractivity contribution in [2.24, 2.45) is 11.3 Å². The van der Waals surface area contributed by atoms with Crippen LogP contribution in [-0.2, 0) is 16.0 Å². The molecule has 0 heterocycles. The maximum Gasteiger partial charge on any atom is 0.322 e. The first kappa shape index (κ1) is 14.8. The molecule has 19 heavy (non-hydrogen) atoms. The van der Waals surface area contributed by atoms with E-state index in [2.05, 4.69) is 5.92 Å². The second-order valence-corrected chi connectivity index (χ2v) is 4.64. The number of carboxylic acids is 2. The van der Waals surface area contributed by atoms with Crippen LogP contribution in [0, 0.1) is 23.7 Å². The van der Waals surface area contributed by atoms with Gasteiger partial charge in [0.2, 0.25) is 0 Å². The first-order valence-corrected chi connectivity index (χ1v) is 5.89. The molecule has 0 bridgehead atoms. The Balaban J connectivity index is 3.04. The van der Waals surface area contributed by atoms with Crippen LogP contribution in [0.2, 0.25) is 0 Å². The van der Waals surface area contributed by atoms with Gasteiger partial charge in [-0.3, -0.25) is 9.59 Å². The molecule has 0 fully saturated rings. The Kier molecular flexibility index (Phi) is 4.71. The van der Waals surface area contributed by atoms with E-state index in [0.29, 0.717) is 0 Å². The zero-order valence-electron chi connectivity index (χ0n) is 10.7. The van der Waals surface area contributed by atoms with E-state index < -0.39 is 23.3 Å². The molecule has 0 spiro atoms. The lowest BCUT2D eigenvalue weighted by atomic mass is 9.75. The molecule has 0 radical (unpaired) electrons. The molecule has 0 saturated carbocycles. The van der Waals surface area contributed by atoms with E-state index in [9.17, 15) is 14.7 Å². The number of terminal acetylenes is 1. The molecule has 0 aliphatic carbocycles. The van der Waals surface area contributed by atoms with Gasteiger partial charge in [-0.25, -0.2) is 0 Å². The highest BCUT2D eigenvalue weighted by Gasteiger charge is 2.39. The summed E-state index contributed by atoms with van der Waals surface area (Å²) in [7, 11) is 0. The van der Waals surface area contributed by atoms with Gasteiger partial charge in [0.05, 0.1) is 5.92 Å². The van der Waals surface area contributed by atoms with E-state index in [1.54, 1.807) is 24.3 Å². The zero-order chi connectivity index (χ0) is 14.5. The van der Waals surface area contributed by atoms with Crippen molar-refractivity contribution in [3.8, 4) is 12.3 Å². The number of aliphatic carboxylic acids is 2. The fourth-order valence-electron chi connectivity index (χ4n) is 1.96. The lowest BCUT2D eigenvalue weighted by Gasteiger charge is -2.25. The Morgan fingerprint density at radius 2 is 1.89 bits per heavy atom. The Bertz CT molecular complexity index is 501. The van der Waals surface area contributed by atoms with E-state index in [1.807, 2.05) is 6.07 Å². The Labute approximate surface area is 112 Å². The maximum absolute atomic E-state index is 11.5. The van der Waals surface area contributed by atoms with Crippen molar-refractivity contribution in [1.29, 1.82) is 0 Å². The van der Waals surface area contributed by atoms with Gasteiger partial charge in [-0.2, -0.15) is 0 Å². The maximum atomic E-state index is 11.5. The second kappa shape index (κ2) is 6.05. The van der Waals surface area contributed by atoms with Crippen LogP contribution in [0.25, 0.3) is 0 Å². The average Bonchev–Trinajstić information content (AvgIpc) is 2.38. The first-order valence-electron chi connectivity index (χ1n) is 5.89. The minimum Gasteiger partial charge on any atom is -0.481 e. The van der Waals surface area contributed by atoms with Gasteiger partial charge in [0, 0.05) is 0 Å². The van der Waals surface area contributed by atoms with Crippen LogP contribution in [-0.4, -0.2) is 22.2 Å². The monoisotopic (exact) mass is 260 g/mol. The molecule has 2 unspecified atom stereocenters. The van der Waals surface area contributed by atoms with Crippen LogP contribution in [0.4, 0.5) is 0 Å². The van der Waals surface area contributed by atoms with Gasteiger partial charge >= 0.3 is 11.9 Å². The third-order valence-corrected chi connectivity index (χ3v) is 3.11. The van der Waals surface area contributed by atoms with Crippen molar-refractivity contribution in [2.45, 2.75) is 19.8 Å². The molecule has 100 valence electrons. The number of carboxylic acid groups (broad SMARTS) is 2. The molecule has 4 heteroatoms. The molecule has 0 aromatic heterocycles. The van der Waals surface area contributed by atoms with Crippen molar-refractivity contribution >= 4 is 11.9 Å². The molecule has 0 amide bonds. The third kappa shape index (κ3) is 3.59. The molecule has 2 N–H and O–H groups in total. The van der Waals surface area contributed by atoms with Crippen LogP contribution in [0.5, 0.6) is 0 Å². The highest BCUT2D eigenvalue weighted by Crippen LogP contribution is 2.31. The molecule has 2 atom stereocenters. The van der Waals surface area contributed by atoms with Crippen LogP contribution >= 0.6 is 0 Å². The number of hydrogen-bond donors (Lipinski definition) is 2. The Morgan fingerprint density at radius 3 is 2.32 bits per heavy atom. The van der Waals surface area contributed by atoms with E-state index in [1.165, 1.54) is 6.92 Å². The van der Waals surface area contributed by atoms with Gasteiger partial charge in [-0.1, -0.05) is 43.2 Å². The van der Waals surface area contributed by atoms with Gasteiger partial charge in [-0.05, 0) is 18.4 Å². The number of carbonyl (C=O) groups is 2. The second-order valence-electron chi connectivity index (χ2n) is 4.64. The summed E-state index contributed by atoms with van der Waals surface area (Å²) < 4.78 is 0. The summed E-state index contributed by atoms with van der Waals surface area (Å²) in [5.41, 5.74) is -0.709. The molecule has 0 aliphatic heterocycles. The number of rotatable bonds is 6. The zero-order valence-corrected chi connectivity index (χ0v) is 10.7. The van der Waals surface area contributed by atoms with Crippen molar-refractivity contribution < 1.29 is 19.8 Å². The van der Waals surface area contributed by atoms with Crippen molar-refractivity contribution in [3.63, 3.8) is 0 Å². The molecule has 1 rings (SSSR count). The van der Waals surface area contributed by atoms with Gasteiger partial charge in [0.1, 0.15) is 5.41 Å². The quantitative estimate of drug-likeness (QED) is 0.767. The molecule has 4 nitrogen and oxygen atoms in total. The molecule has 1 aromatic rings. The largest absolute Gasteiger partial charge is 0.481 e. The highest BCUT2D eigenvalue weighted by atomic mass is 16.4. The normalized spacial score (nSPS) is 14.9. The van der Waals surface area contributed by atoms with Crippen molar-refractivity contribution in [1.82, 2.24) is 0 Å². The number of hydrogen-bond acceptors (Lipinski definition) is 2. The van der Waals surface area contributed by atoms with Crippen LogP contribution in [0.15, 0.2) is 30.3 Å². The van der Waals surface area contributed by atoms with Crippen LogP contribution in [0.3, 0.4) is 0 Å². The van der Waals surface area contributed by atoms with Gasteiger partial charge < -0.3 is 10.2 Å². The summed E-state index contributed by atoms with van der Waals surface area (Å²) in [5.74, 6) is -0.730. The summed E-state index contributed by atoms with van der Waals surface area (Å²) >= 11 is 0. The lowest BCUT2D eigenvalue weighted by molar-refractivity contribution is -0.148. The van der Waals surface area contributed by atoms with Crippen molar-refractivity contribution in [2.75, 3.05) is 0 Å². The summed E-state index contributed by atoms with van der Waals surface area (Å²) in [6.07, 6.45) is 5.41. The summed E-state index contributed by atoms with van der Waals surface area (Å²) in [6.45, 7) is 1.46. The van der Waals surface area contributed by atoms with Crippen LogP contribution < -0.4 is 0 Å². The van der Waals surface area contributed by atoms with Gasteiger partial charge in [0.15, 0.2) is 0 Å². The summed E-state index contributed by atoms with van der Waals surface area (Å²) in [5, 5.41) is 18.3. The van der Waals surface area contributed by atoms with Gasteiger partial charge in [0.25, 0.3) is 0 Å². The first-order chi connectivity index (χ1) is 8.91. The minimum atomic E-state index is -1.49. The van der Waals surface area contributed by atoms with E-state index >= 15 is 0 Å². The molecule has 0 aliphatic rings. The average molecular weight is 260 g/mol. The molecule has 1 aromatic carbocycles. The number of benzene rings is 1. The fraction of sp³-hybridized carbons (Fsp3) is 0.333. The summed E-state index contributed by atoms with van der Waals surface area (Å²) in [6, 6.07) is 8.96. The van der Waals surface area contributed by atoms with Gasteiger partial charge in [-0.15, -0.1) is 6.42 Å². The highest BCUT2D eigenvalue weighted by molar-refractivity contribution is 5.80. The molecular formula is C15H16O4. The lowest BCUT2D eigenvalue weighted by Crippen LogP contribution is -2.35. The molecule has 0 saturated heterocycles. The predicted octanol–water partition coefficient (Wildman–Crippen LogP) is 2.04. The topological polar surface area (TPSA) is 74.6 Å². The van der Waals surface area contributed by atoms with Crippen molar-refractivity contribution in [3.05, 3.63) is 35.9 Å². The molecular weight excluding hydrogens is 244 g/mol. The van der Waals surface area contributed by atoms with E-state index in [0.717, 1.165) is 5.56 Å². The fourth-order valence-corrected chi connectivity index (χ4v) is 1.96.